The van der Waals surface area contributed by atoms with E-state index in [0.717, 1.165) is 5.69 Å². The van der Waals surface area contributed by atoms with Gasteiger partial charge in [0.15, 0.2) is 5.78 Å². The number of ketones is 1. The van der Waals surface area contributed by atoms with Crippen molar-refractivity contribution in [2.24, 2.45) is 0 Å². The molecule has 4 nitrogen and oxygen atoms in total. The fourth-order valence-corrected chi connectivity index (χ4v) is 2.13. The highest BCUT2D eigenvalue weighted by Crippen LogP contribution is 2.22. The summed E-state index contributed by atoms with van der Waals surface area (Å²) in [6.07, 6.45) is 0.0321. The SMILES string of the molecule is CN(CCC(=O)O)c1ccccc1C(=O)c1ccccc1. The van der Waals surface area contributed by atoms with Crippen molar-refractivity contribution < 1.29 is 14.7 Å². The van der Waals surface area contributed by atoms with E-state index in [9.17, 15) is 9.59 Å². The molecule has 0 unspecified atom stereocenters. The summed E-state index contributed by atoms with van der Waals surface area (Å²) in [4.78, 5) is 25.0. The quantitative estimate of drug-likeness (QED) is 0.828. The molecule has 4 heteroatoms. The van der Waals surface area contributed by atoms with Gasteiger partial charge in [-0.15, -0.1) is 0 Å². The number of carboxylic acid groups (broad SMARTS) is 1. The molecule has 108 valence electrons. The van der Waals surface area contributed by atoms with Gasteiger partial charge in [0.1, 0.15) is 0 Å². The van der Waals surface area contributed by atoms with E-state index in [4.69, 9.17) is 5.11 Å². The van der Waals surface area contributed by atoms with Crippen molar-refractivity contribution in [3.05, 3.63) is 65.7 Å². The summed E-state index contributed by atoms with van der Waals surface area (Å²) in [5.41, 5.74) is 1.95. The fourth-order valence-electron chi connectivity index (χ4n) is 2.13. The molecular weight excluding hydrogens is 266 g/mol. The predicted octanol–water partition coefficient (Wildman–Crippen LogP) is 2.83. The Balaban J connectivity index is 2.28. The second-order valence-electron chi connectivity index (χ2n) is 4.78. The third kappa shape index (κ3) is 3.69. The summed E-state index contributed by atoms with van der Waals surface area (Å²) in [6.45, 7) is 0.356. The van der Waals surface area contributed by atoms with Gasteiger partial charge in [-0.1, -0.05) is 42.5 Å². The van der Waals surface area contributed by atoms with Gasteiger partial charge in [0, 0.05) is 30.4 Å². The first-order valence-corrected chi connectivity index (χ1v) is 6.71. The Kier molecular flexibility index (Phi) is 4.72. The minimum Gasteiger partial charge on any atom is -0.481 e. The van der Waals surface area contributed by atoms with E-state index in [1.807, 2.05) is 36.4 Å². The Labute approximate surface area is 123 Å². The minimum absolute atomic E-state index is 0.0321. The number of aliphatic carboxylic acids is 1. The van der Waals surface area contributed by atoms with E-state index in [1.54, 1.807) is 30.1 Å². The number of carbonyl (C=O) groups excluding carboxylic acids is 1. The first-order valence-electron chi connectivity index (χ1n) is 6.71. The highest BCUT2D eigenvalue weighted by molar-refractivity contribution is 6.12. The van der Waals surface area contributed by atoms with E-state index in [0.29, 0.717) is 17.7 Å². The van der Waals surface area contributed by atoms with Crippen molar-refractivity contribution >= 4 is 17.4 Å². The molecule has 0 radical (unpaired) electrons. The summed E-state index contributed by atoms with van der Waals surface area (Å²) in [5, 5.41) is 8.77. The Bertz CT molecular complexity index is 637. The van der Waals surface area contributed by atoms with Gasteiger partial charge in [-0.2, -0.15) is 0 Å². The van der Waals surface area contributed by atoms with E-state index in [-0.39, 0.29) is 12.2 Å². The zero-order valence-electron chi connectivity index (χ0n) is 11.8. The molecule has 0 bridgehead atoms. The number of benzene rings is 2. The Morgan fingerprint density at radius 1 is 1.00 bits per heavy atom. The molecule has 0 atom stereocenters. The molecule has 0 spiro atoms. The zero-order chi connectivity index (χ0) is 15.2. The van der Waals surface area contributed by atoms with Crippen LogP contribution in [-0.4, -0.2) is 30.5 Å². The number of anilines is 1. The number of carboxylic acids is 1. The predicted molar refractivity (Wildman–Crippen MR) is 81.8 cm³/mol. The average molecular weight is 283 g/mol. The van der Waals surface area contributed by atoms with E-state index in [1.165, 1.54) is 0 Å². The van der Waals surface area contributed by atoms with Crippen molar-refractivity contribution in [3.8, 4) is 0 Å². The van der Waals surface area contributed by atoms with Crippen molar-refractivity contribution in [3.63, 3.8) is 0 Å². The maximum absolute atomic E-state index is 12.6. The summed E-state index contributed by atoms with van der Waals surface area (Å²) < 4.78 is 0. The highest BCUT2D eigenvalue weighted by atomic mass is 16.4. The molecule has 0 aliphatic rings. The second kappa shape index (κ2) is 6.70. The Morgan fingerprint density at radius 3 is 2.29 bits per heavy atom. The molecule has 0 amide bonds. The maximum Gasteiger partial charge on any atom is 0.305 e. The molecule has 1 N–H and O–H groups in total. The van der Waals surface area contributed by atoms with E-state index in [2.05, 4.69) is 0 Å². The Hall–Kier alpha value is -2.62. The van der Waals surface area contributed by atoms with Gasteiger partial charge in [-0.05, 0) is 12.1 Å². The topological polar surface area (TPSA) is 57.6 Å². The van der Waals surface area contributed by atoms with Gasteiger partial charge in [0.2, 0.25) is 0 Å². The van der Waals surface area contributed by atoms with Gasteiger partial charge < -0.3 is 10.0 Å². The molecule has 0 saturated heterocycles. The zero-order valence-corrected chi connectivity index (χ0v) is 11.8. The van der Waals surface area contributed by atoms with Crippen molar-refractivity contribution in [2.45, 2.75) is 6.42 Å². The average Bonchev–Trinajstić information content (AvgIpc) is 2.52. The van der Waals surface area contributed by atoms with Gasteiger partial charge in [0.25, 0.3) is 0 Å². The van der Waals surface area contributed by atoms with Crippen LogP contribution < -0.4 is 4.90 Å². The van der Waals surface area contributed by atoms with Crippen LogP contribution in [-0.2, 0) is 4.79 Å². The highest BCUT2D eigenvalue weighted by Gasteiger charge is 2.15. The molecule has 2 aromatic rings. The van der Waals surface area contributed by atoms with Crippen LogP contribution in [0.4, 0.5) is 5.69 Å². The summed E-state index contributed by atoms with van der Waals surface area (Å²) >= 11 is 0. The molecule has 0 aromatic heterocycles. The number of para-hydroxylation sites is 1. The van der Waals surface area contributed by atoms with Crippen LogP contribution in [0.1, 0.15) is 22.3 Å². The molecule has 2 rings (SSSR count). The van der Waals surface area contributed by atoms with Crippen LogP contribution in [0, 0.1) is 0 Å². The summed E-state index contributed by atoms with van der Waals surface area (Å²) in [5.74, 6) is -0.915. The van der Waals surface area contributed by atoms with E-state index >= 15 is 0 Å². The van der Waals surface area contributed by atoms with Gasteiger partial charge in [-0.3, -0.25) is 9.59 Å². The molecule has 0 aliphatic heterocycles. The second-order valence-corrected chi connectivity index (χ2v) is 4.78. The van der Waals surface area contributed by atoms with Crippen LogP contribution in [0.5, 0.6) is 0 Å². The first-order chi connectivity index (χ1) is 10.1. The first kappa shape index (κ1) is 14.8. The lowest BCUT2D eigenvalue weighted by Gasteiger charge is -2.21. The number of hydrogen-bond donors (Lipinski definition) is 1. The van der Waals surface area contributed by atoms with Crippen LogP contribution in [0.15, 0.2) is 54.6 Å². The van der Waals surface area contributed by atoms with Crippen LogP contribution in [0.2, 0.25) is 0 Å². The molecule has 2 aromatic carbocycles. The molecule has 0 aliphatic carbocycles. The lowest BCUT2D eigenvalue weighted by Crippen LogP contribution is -2.23. The summed E-state index contributed by atoms with van der Waals surface area (Å²) in [7, 11) is 1.79. The lowest BCUT2D eigenvalue weighted by atomic mass is 10.0. The maximum atomic E-state index is 12.6. The number of nitrogens with zero attached hydrogens (tertiary/aromatic N) is 1. The molecule has 0 fully saturated rings. The summed E-state index contributed by atoms with van der Waals surface area (Å²) in [6, 6.07) is 16.3. The minimum atomic E-state index is -0.853. The number of carbonyl (C=O) groups is 2. The number of rotatable bonds is 6. The van der Waals surface area contributed by atoms with Crippen LogP contribution in [0.3, 0.4) is 0 Å². The smallest absolute Gasteiger partial charge is 0.305 e. The standard InChI is InChI=1S/C17H17NO3/c1-18(12-11-16(19)20)15-10-6-5-9-14(15)17(21)13-7-3-2-4-8-13/h2-10H,11-12H2,1H3,(H,19,20). The molecule has 0 saturated carbocycles. The third-order valence-electron chi connectivity index (χ3n) is 3.26. The molecular formula is C17H17NO3. The number of hydrogen-bond acceptors (Lipinski definition) is 3. The van der Waals surface area contributed by atoms with E-state index < -0.39 is 5.97 Å². The van der Waals surface area contributed by atoms with Crippen molar-refractivity contribution in [1.29, 1.82) is 0 Å². The van der Waals surface area contributed by atoms with Gasteiger partial charge in [0.05, 0.1) is 6.42 Å². The van der Waals surface area contributed by atoms with Crippen LogP contribution >= 0.6 is 0 Å². The lowest BCUT2D eigenvalue weighted by molar-refractivity contribution is -0.136. The van der Waals surface area contributed by atoms with Gasteiger partial charge in [-0.25, -0.2) is 0 Å². The third-order valence-corrected chi connectivity index (χ3v) is 3.26. The fraction of sp³-hybridized carbons (Fsp3) is 0.176. The monoisotopic (exact) mass is 283 g/mol. The molecule has 21 heavy (non-hydrogen) atoms. The Morgan fingerprint density at radius 2 is 1.62 bits per heavy atom. The largest absolute Gasteiger partial charge is 0.481 e. The van der Waals surface area contributed by atoms with Crippen LogP contribution in [0.25, 0.3) is 0 Å². The van der Waals surface area contributed by atoms with Crippen molar-refractivity contribution in [1.82, 2.24) is 0 Å². The normalized spacial score (nSPS) is 10.1. The molecule has 0 heterocycles. The van der Waals surface area contributed by atoms with Crippen molar-refractivity contribution in [2.75, 3.05) is 18.5 Å². The van der Waals surface area contributed by atoms with Gasteiger partial charge >= 0.3 is 5.97 Å².